The third-order valence-electron chi connectivity index (χ3n) is 1.21. The Morgan fingerprint density at radius 3 is 3.10 bits per heavy atom. The quantitative estimate of drug-likeness (QED) is 0.463. The van der Waals surface area contributed by atoms with Crippen molar-refractivity contribution >= 4 is 0 Å². The van der Waals surface area contributed by atoms with E-state index < -0.39 is 0 Å². The minimum absolute atomic E-state index is 0.860. The molecule has 3 heteroatoms. The van der Waals surface area contributed by atoms with Gasteiger partial charge in [0.05, 0.1) is 5.29 Å². The number of hydrogen-bond donors (Lipinski definition) is 1. The number of nitrogens with one attached hydrogen (secondary N) is 1. The third-order valence-corrected chi connectivity index (χ3v) is 1.21. The van der Waals surface area contributed by atoms with Crippen molar-refractivity contribution in [3.05, 3.63) is 41.0 Å². The molecule has 0 amide bonds. The van der Waals surface area contributed by atoms with E-state index in [9.17, 15) is 4.91 Å². The Hall–Kier alpha value is -1.38. The van der Waals surface area contributed by atoms with Crippen LogP contribution in [0.15, 0.2) is 41.4 Å². The van der Waals surface area contributed by atoms with E-state index in [2.05, 4.69) is 10.7 Å². The molecular weight excluding hydrogens is 128 g/mol. The number of rotatable bonds is 2. The number of hydrogen-bond acceptors (Lipinski definition) is 2. The first kappa shape index (κ1) is 6.74. The van der Waals surface area contributed by atoms with Crippen molar-refractivity contribution in [3.63, 3.8) is 0 Å². The van der Waals surface area contributed by atoms with Crippen molar-refractivity contribution in [2.24, 2.45) is 5.29 Å². The molecule has 0 saturated carbocycles. The van der Waals surface area contributed by atoms with Crippen LogP contribution < -0.4 is 5.43 Å². The molecular formula is C7H8N2O. The van der Waals surface area contributed by atoms with Gasteiger partial charge in [0, 0.05) is 6.20 Å². The van der Waals surface area contributed by atoms with Gasteiger partial charge in [-0.25, -0.2) is 5.43 Å². The molecule has 1 aliphatic rings. The molecule has 52 valence electrons. The van der Waals surface area contributed by atoms with Crippen LogP contribution in [0.3, 0.4) is 0 Å². The second-order valence-electron chi connectivity index (χ2n) is 1.93. The van der Waals surface area contributed by atoms with E-state index in [1.54, 1.807) is 6.20 Å². The Kier molecular flexibility index (Phi) is 2.43. The summed E-state index contributed by atoms with van der Waals surface area (Å²) in [5.74, 6) is 0. The normalized spacial score (nSPS) is 19.4. The van der Waals surface area contributed by atoms with E-state index in [0.29, 0.717) is 0 Å². The fourth-order valence-corrected chi connectivity index (χ4v) is 0.746. The summed E-state index contributed by atoms with van der Waals surface area (Å²) < 4.78 is 0. The molecule has 0 unspecified atom stereocenters. The van der Waals surface area contributed by atoms with Crippen molar-refractivity contribution in [1.82, 2.24) is 5.43 Å². The Morgan fingerprint density at radius 1 is 1.60 bits per heavy atom. The molecule has 0 saturated heterocycles. The first-order valence-electron chi connectivity index (χ1n) is 3.03. The Bertz CT molecular complexity index is 204. The molecule has 0 bridgehead atoms. The highest BCUT2D eigenvalue weighted by Gasteiger charge is 1.90. The van der Waals surface area contributed by atoms with Crippen LogP contribution in [-0.4, -0.2) is 0 Å². The first-order valence-corrected chi connectivity index (χ1v) is 3.03. The second kappa shape index (κ2) is 3.61. The van der Waals surface area contributed by atoms with Gasteiger partial charge < -0.3 is 0 Å². The molecule has 1 aliphatic carbocycles. The zero-order valence-corrected chi connectivity index (χ0v) is 5.45. The van der Waals surface area contributed by atoms with E-state index in [4.69, 9.17) is 0 Å². The lowest BCUT2D eigenvalue weighted by Crippen LogP contribution is -1.93. The minimum Gasteiger partial charge on any atom is -0.249 e. The molecule has 0 aliphatic heterocycles. The summed E-state index contributed by atoms with van der Waals surface area (Å²) in [7, 11) is 0. The second-order valence-corrected chi connectivity index (χ2v) is 1.93. The minimum atomic E-state index is 0.860. The van der Waals surface area contributed by atoms with E-state index in [1.807, 2.05) is 24.3 Å². The predicted octanol–water partition coefficient (Wildman–Crippen LogP) is 1.66. The molecule has 10 heavy (non-hydrogen) atoms. The van der Waals surface area contributed by atoms with Gasteiger partial charge in [-0.15, -0.1) is 4.91 Å². The lowest BCUT2D eigenvalue weighted by Gasteiger charge is -1.98. The van der Waals surface area contributed by atoms with Crippen molar-refractivity contribution in [3.8, 4) is 0 Å². The van der Waals surface area contributed by atoms with E-state index in [0.717, 1.165) is 12.0 Å². The average Bonchev–Trinajstić information content (AvgIpc) is 2.03. The summed E-state index contributed by atoms with van der Waals surface area (Å²) in [6.07, 6.45) is 10.3. The summed E-state index contributed by atoms with van der Waals surface area (Å²) in [6, 6.07) is 0. The zero-order valence-electron chi connectivity index (χ0n) is 5.45. The molecule has 0 aromatic carbocycles. The highest BCUT2D eigenvalue weighted by molar-refractivity contribution is 5.28. The van der Waals surface area contributed by atoms with E-state index in [-0.39, 0.29) is 0 Å². The van der Waals surface area contributed by atoms with Gasteiger partial charge in [-0.3, -0.25) is 0 Å². The van der Waals surface area contributed by atoms with Gasteiger partial charge in [0.1, 0.15) is 0 Å². The standard InChI is InChI=1S/C7H8N2O/c10-9-8-6-7-4-2-1-3-5-7/h1-4,6H,5H2,(H,8,10). The smallest absolute Gasteiger partial charge is 0.0540 e. The van der Waals surface area contributed by atoms with Gasteiger partial charge in [-0.2, -0.15) is 0 Å². The lowest BCUT2D eigenvalue weighted by atomic mass is 10.1. The SMILES string of the molecule is O=NNC=C1C=CC=CC1. The van der Waals surface area contributed by atoms with Gasteiger partial charge in [0.25, 0.3) is 0 Å². The molecule has 1 N–H and O–H groups in total. The highest BCUT2D eigenvalue weighted by atomic mass is 16.3. The van der Waals surface area contributed by atoms with Crippen molar-refractivity contribution in [2.45, 2.75) is 6.42 Å². The largest absolute Gasteiger partial charge is 0.249 e. The van der Waals surface area contributed by atoms with Crippen LogP contribution in [0.1, 0.15) is 6.42 Å². The molecule has 3 nitrogen and oxygen atoms in total. The lowest BCUT2D eigenvalue weighted by molar-refractivity contribution is 0.937. The molecule has 0 aromatic rings. The van der Waals surface area contributed by atoms with Gasteiger partial charge in [-0.1, -0.05) is 24.3 Å². The van der Waals surface area contributed by atoms with Gasteiger partial charge in [-0.05, 0) is 12.0 Å². The Balaban J connectivity index is 2.49. The maximum atomic E-state index is 9.60. The molecule has 0 fully saturated rings. The van der Waals surface area contributed by atoms with Crippen LogP contribution in [0.4, 0.5) is 0 Å². The third kappa shape index (κ3) is 1.85. The number of nitroso groups, excluding NO2 is 1. The average molecular weight is 136 g/mol. The van der Waals surface area contributed by atoms with Crippen molar-refractivity contribution in [2.75, 3.05) is 0 Å². The van der Waals surface area contributed by atoms with Crippen LogP contribution in [0.5, 0.6) is 0 Å². The summed E-state index contributed by atoms with van der Waals surface area (Å²) in [5, 5.41) is 2.50. The van der Waals surface area contributed by atoms with Crippen LogP contribution >= 0.6 is 0 Å². The van der Waals surface area contributed by atoms with Crippen LogP contribution in [0, 0.1) is 4.91 Å². The fraction of sp³-hybridized carbons (Fsp3) is 0.143. The maximum absolute atomic E-state index is 9.60. The molecule has 0 aromatic heterocycles. The maximum Gasteiger partial charge on any atom is 0.0540 e. The topological polar surface area (TPSA) is 41.5 Å². The number of nitrogens with zero attached hydrogens (tertiary/aromatic N) is 1. The monoisotopic (exact) mass is 136 g/mol. The molecule has 0 heterocycles. The Labute approximate surface area is 59.1 Å². The van der Waals surface area contributed by atoms with Crippen LogP contribution in [-0.2, 0) is 0 Å². The van der Waals surface area contributed by atoms with Crippen molar-refractivity contribution < 1.29 is 0 Å². The summed E-state index contributed by atoms with van der Waals surface area (Å²) in [5.41, 5.74) is 3.30. The summed E-state index contributed by atoms with van der Waals surface area (Å²) >= 11 is 0. The van der Waals surface area contributed by atoms with Crippen LogP contribution in [0.2, 0.25) is 0 Å². The first-order chi connectivity index (χ1) is 4.93. The molecule has 0 radical (unpaired) electrons. The highest BCUT2D eigenvalue weighted by Crippen LogP contribution is 2.07. The van der Waals surface area contributed by atoms with Gasteiger partial charge >= 0.3 is 0 Å². The Morgan fingerprint density at radius 2 is 2.50 bits per heavy atom. The van der Waals surface area contributed by atoms with E-state index in [1.165, 1.54) is 0 Å². The number of allylic oxidation sites excluding steroid dienone is 5. The fourth-order valence-electron chi connectivity index (χ4n) is 0.746. The van der Waals surface area contributed by atoms with E-state index >= 15 is 0 Å². The summed E-state index contributed by atoms with van der Waals surface area (Å²) in [4.78, 5) is 9.60. The van der Waals surface area contributed by atoms with Gasteiger partial charge in [0.2, 0.25) is 0 Å². The van der Waals surface area contributed by atoms with Gasteiger partial charge in [0.15, 0.2) is 0 Å². The van der Waals surface area contributed by atoms with Crippen LogP contribution in [0.25, 0.3) is 0 Å². The predicted molar refractivity (Wildman–Crippen MR) is 39.9 cm³/mol. The molecule has 0 spiro atoms. The zero-order chi connectivity index (χ0) is 7.23. The summed E-state index contributed by atoms with van der Waals surface area (Å²) in [6.45, 7) is 0. The molecule has 0 atom stereocenters. The molecule has 1 rings (SSSR count). The van der Waals surface area contributed by atoms with Crippen molar-refractivity contribution in [1.29, 1.82) is 0 Å².